The molecule has 2 nitrogen and oxygen atoms in total. The maximum Gasteiger partial charge on any atom is 0.170 e. The summed E-state index contributed by atoms with van der Waals surface area (Å²) in [7, 11) is 1.60. The highest BCUT2D eigenvalue weighted by Gasteiger charge is 2.54. The molecule has 2 unspecified atom stereocenters. The SMILES string of the molecule is COc1ccc(Cl)cc1C(=O)C1C2CCCCC21. The zero-order chi connectivity index (χ0) is 12.7. The Morgan fingerprint density at radius 1 is 1.28 bits per heavy atom. The molecule has 0 bridgehead atoms. The first-order valence-corrected chi connectivity index (χ1v) is 6.98. The number of ether oxygens (including phenoxy) is 1. The first-order valence-electron chi connectivity index (χ1n) is 6.60. The molecule has 0 N–H and O–H groups in total. The van der Waals surface area contributed by atoms with E-state index in [4.69, 9.17) is 16.3 Å². The van der Waals surface area contributed by atoms with Gasteiger partial charge in [0.25, 0.3) is 0 Å². The van der Waals surface area contributed by atoms with Crippen molar-refractivity contribution in [2.75, 3.05) is 7.11 Å². The number of fused-ring (bicyclic) bond motifs is 1. The van der Waals surface area contributed by atoms with Crippen LogP contribution in [0.1, 0.15) is 36.0 Å². The Kier molecular flexibility index (Phi) is 3.06. The first-order chi connectivity index (χ1) is 8.72. The van der Waals surface area contributed by atoms with Crippen molar-refractivity contribution in [3.8, 4) is 5.75 Å². The Hall–Kier alpha value is -1.02. The van der Waals surface area contributed by atoms with Gasteiger partial charge in [0.1, 0.15) is 5.75 Å². The third-order valence-corrected chi connectivity index (χ3v) is 4.62. The van der Waals surface area contributed by atoms with Crippen LogP contribution in [0, 0.1) is 17.8 Å². The van der Waals surface area contributed by atoms with Crippen molar-refractivity contribution in [2.45, 2.75) is 25.7 Å². The van der Waals surface area contributed by atoms with Crippen LogP contribution in [0.4, 0.5) is 0 Å². The second kappa shape index (κ2) is 4.58. The largest absolute Gasteiger partial charge is 0.496 e. The minimum absolute atomic E-state index is 0.222. The van der Waals surface area contributed by atoms with E-state index in [1.54, 1.807) is 25.3 Å². The number of hydrogen-bond acceptors (Lipinski definition) is 2. The summed E-state index contributed by atoms with van der Waals surface area (Å²) in [6, 6.07) is 5.28. The van der Waals surface area contributed by atoms with Crippen molar-refractivity contribution in [2.24, 2.45) is 17.8 Å². The zero-order valence-electron chi connectivity index (χ0n) is 10.5. The summed E-state index contributed by atoms with van der Waals surface area (Å²) in [4.78, 5) is 12.6. The van der Waals surface area contributed by atoms with E-state index in [9.17, 15) is 4.79 Å². The minimum Gasteiger partial charge on any atom is -0.496 e. The van der Waals surface area contributed by atoms with E-state index in [2.05, 4.69) is 0 Å². The van der Waals surface area contributed by atoms with Gasteiger partial charge in [0.2, 0.25) is 0 Å². The molecule has 2 aliphatic rings. The van der Waals surface area contributed by atoms with Gasteiger partial charge < -0.3 is 4.74 Å². The quantitative estimate of drug-likeness (QED) is 0.772. The number of carbonyl (C=O) groups is 1. The maximum absolute atomic E-state index is 12.6. The number of carbonyl (C=O) groups excluding carboxylic acids is 1. The highest BCUT2D eigenvalue weighted by Crippen LogP contribution is 2.57. The van der Waals surface area contributed by atoms with Crippen LogP contribution in [-0.2, 0) is 0 Å². The van der Waals surface area contributed by atoms with Gasteiger partial charge in [-0.25, -0.2) is 0 Å². The lowest BCUT2D eigenvalue weighted by molar-refractivity contribution is 0.0953. The second-order valence-electron chi connectivity index (χ2n) is 5.35. The molecule has 3 heteroatoms. The second-order valence-corrected chi connectivity index (χ2v) is 5.78. The molecular weight excluding hydrogens is 248 g/mol. The lowest BCUT2D eigenvalue weighted by Crippen LogP contribution is -2.06. The Morgan fingerprint density at radius 3 is 2.56 bits per heavy atom. The lowest BCUT2D eigenvalue weighted by atomic mass is 10.0. The highest BCUT2D eigenvalue weighted by atomic mass is 35.5. The summed E-state index contributed by atoms with van der Waals surface area (Å²) < 4.78 is 5.27. The van der Waals surface area contributed by atoms with Crippen molar-refractivity contribution in [3.05, 3.63) is 28.8 Å². The van der Waals surface area contributed by atoms with Gasteiger partial charge in [-0.2, -0.15) is 0 Å². The number of methoxy groups -OCH3 is 1. The van der Waals surface area contributed by atoms with Crippen LogP contribution in [0.2, 0.25) is 5.02 Å². The minimum atomic E-state index is 0.222. The third kappa shape index (κ3) is 1.93. The summed E-state index contributed by atoms with van der Waals surface area (Å²) in [5.74, 6) is 2.34. The average molecular weight is 265 g/mol. The van der Waals surface area contributed by atoms with Crippen molar-refractivity contribution < 1.29 is 9.53 Å². The van der Waals surface area contributed by atoms with E-state index < -0.39 is 0 Å². The van der Waals surface area contributed by atoms with Gasteiger partial charge in [0.05, 0.1) is 12.7 Å². The zero-order valence-corrected chi connectivity index (χ0v) is 11.2. The number of benzene rings is 1. The molecule has 2 aliphatic carbocycles. The maximum atomic E-state index is 12.6. The van der Waals surface area contributed by atoms with E-state index in [0.29, 0.717) is 28.2 Å². The smallest absolute Gasteiger partial charge is 0.170 e. The molecule has 2 fully saturated rings. The summed E-state index contributed by atoms with van der Waals surface area (Å²) in [6.07, 6.45) is 4.98. The van der Waals surface area contributed by atoms with E-state index in [0.717, 1.165) is 0 Å². The fraction of sp³-hybridized carbons (Fsp3) is 0.533. The Bertz CT molecular complexity index is 471. The molecule has 1 aromatic carbocycles. The highest BCUT2D eigenvalue weighted by molar-refractivity contribution is 6.31. The van der Waals surface area contributed by atoms with Crippen LogP contribution in [0.5, 0.6) is 5.75 Å². The van der Waals surface area contributed by atoms with Gasteiger partial charge in [-0.05, 0) is 42.9 Å². The third-order valence-electron chi connectivity index (χ3n) is 4.39. The molecule has 96 valence electrons. The van der Waals surface area contributed by atoms with Crippen LogP contribution >= 0.6 is 11.6 Å². The molecule has 2 saturated carbocycles. The Morgan fingerprint density at radius 2 is 1.94 bits per heavy atom. The summed E-state index contributed by atoms with van der Waals surface area (Å²) in [6.45, 7) is 0. The van der Waals surface area contributed by atoms with Gasteiger partial charge in [0.15, 0.2) is 5.78 Å². The number of hydrogen-bond donors (Lipinski definition) is 0. The molecule has 0 aromatic heterocycles. The van der Waals surface area contributed by atoms with Gasteiger partial charge in [-0.1, -0.05) is 24.4 Å². The molecule has 1 aromatic rings. The van der Waals surface area contributed by atoms with Gasteiger partial charge in [-0.15, -0.1) is 0 Å². The van der Waals surface area contributed by atoms with Crippen molar-refractivity contribution in [1.82, 2.24) is 0 Å². The number of ketones is 1. The topological polar surface area (TPSA) is 26.3 Å². The fourth-order valence-electron chi connectivity index (χ4n) is 3.43. The molecular formula is C15H17ClO2. The lowest BCUT2D eigenvalue weighted by Gasteiger charge is -2.07. The molecule has 2 atom stereocenters. The van der Waals surface area contributed by atoms with Gasteiger partial charge in [0, 0.05) is 10.9 Å². The number of halogens is 1. The molecule has 0 amide bonds. The monoisotopic (exact) mass is 264 g/mol. The van der Waals surface area contributed by atoms with Crippen LogP contribution in [0.25, 0.3) is 0 Å². The predicted octanol–water partition coefficient (Wildman–Crippen LogP) is 3.97. The van der Waals surface area contributed by atoms with Crippen LogP contribution in [0.15, 0.2) is 18.2 Å². The molecule has 0 spiro atoms. The predicted molar refractivity (Wildman–Crippen MR) is 71.3 cm³/mol. The first kappa shape index (κ1) is 12.0. The summed E-state index contributed by atoms with van der Waals surface area (Å²) in [5.41, 5.74) is 0.657. The van der Waals surface area contributed by atoms with Crippen molar-refractivity contribution in [1.29, 1.82) is 0 Å². The molecule has 18 heavy (non-hydrogen) atoms. The molecule has 3 rings (SSSR count). The molecule has 0 saturated heterocycles. The average Bonchev–Trinajstić information content (AvgIpc) is 3.12. The number of Topliss-reactive ketones (excluding diaryl/α,β-unsaturated/α-hetero) is 1. The summed E-state index contributed by atoms with van der Waals surface area (Å²) in [5, 5.41) is 0.600. The van der Waals surface area contributed by atoms with Gasteiger partial charge >= 0.3 is 0 Å². The molecule has 0 heterocycles. The van der Waals surface area contributed by atoms with Crippen LogP contribution in [0.3, 0.4) is 0 Å². The fourth-order valence-corrected chi connectivity index (χ4v) is 3.61. The molecule has 0 aliphatic heterocycles. The van der Waals surface area contributed by atoms with E-state index in [1.807, 2.05) is 0 Å². The standard InChI is InChI=1S/C15H17ClO2/c1-18-13-7-6-9(16)8-12(13)15(17)14-10-4-2-3-5-11(10)14/h6-8,10-11,14H,2-5H2,1H3. The van der Waals surface area contributed by atoms with Crippen molar-refractivity contribution in [3.63, 3.8) is 0 Å². The summed E-state index contributed by atoms with van der Waals surface area (Å²) >= 11 is 5.99. The van der Waals surface area contributed by atoms with Crippen LogP contribution in [-0.4, -0.2) is 12.9 Å². The normalized spacial score (nSPS) is 29.6. The van der Waals surface area contributed by atoms with E-state index in [1.165, 1.54) is 25.7 Å². The molecule has 0 radical (unpaired) electrons. The van der Waals surface area contributed by atoms with Crippen LogP contribution < -0.4 is 4.74 Å². The van der Waals surface area contributed by atoms with Crippen molar-refractivity contribution >= 4 is 17.4 Å². The number of rotatable bonds is 3. The van der Waals surface area contributed by atoms with E-state index >= 15 is 0 Å². The van der Waals surface area contributed by atoms with Gasteiger partial charge in [-0.3, -0.25) is 4.79 Å². The Labute approximate surface area is 112 Å². The Balaban J connectivity index is 1.86. The van der Waals surface area contributed by atoms with E-state index in [-0.39, 0.29) is 11.7 Å².